The molecule has 0 spiro atoms. The van der Waals surface area contributed by atoms with Crippen molar-refractivity contribution in [3.05, 3.63) is 12.1 Å². The number of benzene rings is 1. The minimum Gasteiger partial charge on any atom is -0.493 e. The normalized spacial score (nSPS) is 15.2. The average molecular weight is 395 g/mol. The number of hydrogen-bond donors (Lipinski definition) is 2. The van der Waals surface area contributed by atoms with Crippen LogP contribution in [0.1, 0.15) is 0 Å². The van der Waals surface area contributed by atoms with Crippen molar-refractivity contribution in [3.63, 3.8) is 0 Å². The van der Waals surface area contributed by atoms with Crippen molar-refractivity contribution in [3.8, 4) is 17.2 Å². The largest absolute Gasteiger partial charge is 0.493 e. The van der Waals surface area contributed by atoms with E-state index in [4.69, 9.17) is 25.4 Å². The number of piperazine rings is 1. The number of ether oxygens (including phenoxy) is 3. The monoisotopic (exact) mass is 394 g/mol. The molecule has 0 aliphatic carbocycles. The molecule has 0 saturated carbocycles. The Morgan fingerprint density at radius 3 is 1.88 bits per heavy atom. The minimum absolute atomic E-state index is 0. The van der Waals surface area contributed by atoms with Crippen molar-refractivity contribution in [1.82, 2.24) is 9.21 Å². The highest BCUT2D eigenvalue weighted by molar-refractivity contribution is 7.89. The van der Waals surface area contributed by atoms with Gasteiger partial charge in [-0.1, -0.05) is 0 Å². The van der Waals surface area contributed by atoms with E-state index in [0.717, 1.165) is 0 Å². The number of halogens is 1. The molecular formula is C14H23ClN4O5S. The highest BCUT2D eigenvalue weighted by Crippen LogP contribution is 2.40. The summed E-state index contributed by atoms with van der Waals surface area (Å²) < 4.78 is 42.7. The van der Waals surface area contributed by atoms with E-state index in [-0.39, 0.29) is 47.9 Å². The van der Waals surface area contributed by atoms with E-state index >= 15 is 0 Å². The number of rotatable bonds is 5. The first-order valence-electron chi connectivity index (χ1n) is 7.24. The van der Waals surface area contributed by atoms with Gasteiger partial charge in [0, 0.05) is 38.3 Å². The number of methoxy groups -OCH3 is 3. The van der Waals surface area contributed by atoms with Gasteiger partial charge in [0.15, 0.2) is 17.5 Å². The molecule has 25 heavy (non-hydrogen) atoms. The van der Waals surface area contributed by atoms with Crippen molar-refractivity contribution in [2.75, 3.05) is 47.5 Å². The molecular weight excluding hydrogens is 372 g/mol. The second kappa shape index (κ2) is 8.45. The van der Waals surface area contributed by atoms with Crippen LogP contribution in [0.2, 0.25) is 0 Å². The Labute approximate surface area is 153 Å². The predicted octanol–water partition coefficient (Wildman–Crippen LogP) is 0.334. The maximum Gasteiger partial charge on any atom is 0.243 e. The zero-order valence-electron chi connectivity index (χ0n) is 14.3. The first kappa shape index (κ1) is 21.1. The number of hydrogen-bond acceptors (Lipinski definition) is 6. The van der Waals surface area contributed by atoms with Crippen molar-refractivity contribution < 1.29 is 22.6 Å². The molecule has 0 aromatic heterocycles. The van der Waals surface area contributed by atoms with Crippen molar-refractivity contribution in [1.29, 1.82) is 5.41 Å². The zero-order chi connectivity index (χ0) is 17.9. The lowest BCUT2D eigenvalue weighted by Gasteiger charge is -2.34. The summed E-state index contributed by atoms with van der Waals surface area (Å²) in [4.78, 5) is 1.69. The zero-order valence-corrected chi connectivity index (χ0v) is 15.9. The third kappa shape index (κ3) is 4.20. The summed E-state index contributed by atoms with van der Waals surface area (Å²) in [6, 6.07) is 2.82. The summed E-state index contributed by atoms with van der Waals surface area (Å²) >= 11 is 0. The fourth-order valence-electron chi connectivity index (χ4n) is 2.52. The van der Waals surface area contributed by atoms with Gasteiger partial charge in [0.2, 0.25) is 15.8 Å². The molecule has 1 aromatic carbocycles. The molecule has 3 N–H and O–H groups in total. The summed E-state index contributed by atoms with van der Waals surface area (Å²) in [6.45, 7) is 1.25. The minimum atomic E-state index is -3.72. The van der Waals surface area contributed by atoms with Crippen LogP contribution >= 0.6 is 12.4 Å². The standard InChI is InChI=1S/C14H22N4O5S.ClH/c1-21-11-8-10(9-12(22-2)13(11)23-3)24(19,20)18-6-4-17(5-7-18)14(15)16;/h8-9H,4-7H2,1-3H3,(H3,15,16);1H. The summed E-state index contributed by atoms with van der Waals surface area (Å²) in [5.74, 6) is 0.829. The molecule has 11 heteroatoms. The molecule has 0 radical (unpaired) electrons. The van der Waals surface area contributed by atoms with Crippen LogP contribution in [-0.4, -0.2) is 71.1 Å². The molecule has 0 bridgehead atoms. The third-order valence-electron chi connectivity index (χ3n) is 3.86. The van der Waals surface area contributed by atoms with Gasteiger partial charge >= 0.3 is 0 Å². The second-order valence-electron chi connectivity index (χ2n) is 5.14. The van der Waals surface area contributed by atoms with Gasteiger partial charge in [-0.3, -0.25) is 5.41 Å². The molecule has 9 nitrogen and oxygen atoms in total. The fraction of sp³-hybridized carbons (Fsp3) is 0.500. The molecule has 2 rings (SSSR count). The molecule has 1 saturated heterocycles. The molecule has 0 atom stereocenters. The van der Waals surface area contributed by atoms with Gasteiger partial charge in [-0.05, 0) is 0 Å². The van der Waals surface area contributed by atoms with Crippen LogP contribution in [0.15, 0.2) is 17.0 Å². The van der Waals surface area contributed by atoms with E-state index in [1.165, 1.54) is 37.8 Å². The first-order valence-corrected chi connectivity index (χ1v) is 8.68. The SMILES string of the molecule is COc1cc(S(=O)(=O)N2CCN(C(=N)N)CC2)cc(OC)c1OC.Cl. The molecule has 1 aromatic rings. The number of nitrogens with one attached hydrogen (secondary N) is 1. The second-order valence-corrected chi connectivity index (χ2v) is 7.08. The van der Waals surface area contributed by atoms with Gasteiger partial charge in [0.05, 0.1) is 26.2 Å². The molecule has 1 aliphatic rings. The van der Waals surface area contributed by atoms with Crippen LogP contribution in [0.3, 0.4) is 0 Å². The summed E-state index contributed by atoms with van der Waals surface area (Å²) in [5, 5.41) is 7.41. The molecule has 0 amide bonds. The van der Waals surface area contributed by atoms with E-state index in [2.05, 4.69) is 0 Å². The topological polar surface area (TPSA) is 118 Å². The highest BCUT2D eigenvalue weighted by Gasteiger charge is 2.30. The molecule has 0 unspecified atom stereocenters. The van der Waals surface area contributed by atoms with Crippen molar-refractivity contribution >= 4 is 28.4 Å². The van der Waals surface area contributed by atoms with E-state index < -0.39 is 10.0 Å². The van der Waals surface area contributed by atoms with Gasteiger partial charge in [-0.25, -0.2) is 8.42 Å². The first-order chi connectivity index (χ1) is 11.3. The van der Waals surface area contributed by atoms with Crippen LogP contribution in [0.25, 0.3) is 0 Å². The lowest BCUT2D eigenvalue weighted by molar-refractivity contribution is 0.263. The van der Waals surface area contributed by atoms with E-state index in [1.807, 2.05) is 0 Å². The smallest absolute Gasteiger partial charge is 0.243 e. The van der Waals surface area contributed by atoms with Crippen LogP contribution in [0.5, 0.6) is 17.2 Å². The van der Waals surface area contributed by atoms with Crippen molar-refractivity contribution in [2.45, 2.75) is 4.90 Å². The maximum absolute atomic E-state index is 12.9. The van der Waals surface area contributed by atoms with Gasteiger partial charge in [0.25, 0.3) is 0 Å². The Hall–Kier alpha value is -1.91. The number of sulfonamides is 1. The number of nitrogens with two attached hydrogens (primary N) is 1. The van der Waals surface area contributed by atoms with E-state index in [0.29, 0.717) is 18.8 Å². The number of guanidine groups is 1. The average Bonchev–Trinajstić information content (AvgIpc) is 2.60. The lowest BCUT2D eigenvalue weighted by atomic mass is 10.3. The highest BCUT2D eigenvalue weighted by atomic mass is 35.5. The van der Waals surface area contributed by atoms with Crippen LogP contribution < -0.4 is 19.9 Å². The van der Waals surface area contributed by atoms with E-state index in [9.17, 15) is 8.42 Å². The Morgan fingerprint density at radius 1 is 1.04 bits per heavy atom. The quantitative estimate of drug-likeness (QED) is 0.545. The lowest BCUT2D eigenvalue weighted by Crippen LogP contribution is -2.52. The Bertz CT molecular complexity index is 695. The van der Waals surface area contributed by atoms with Gasteiger partial charge in [-0.15, -0.1) is 12.4 Å². The summed E-state index contributed by atoms with van der Waals surface area (Å²) in [6.07, 6.45) is 0. The molecule has 142 valence electrons. The molecule has 1 heterocycles. The van der Waals surface area contributed by atoms with Crippen LogP contribution in [-0.2, 0) is 10.0 Å². The Morgan fingerprint density at radius 2 is 1.52 bits per heavy atom. The maximum atomic E-state index is 12.9. The Balaban J connectivity index is 0.00000312. The van der Waals surface area contributed by atoms with Gasteiger partial charge < -0.3 is 24.8 Å². The fourth-order valence-corrected chi connectivity index (χ4v) is 3.98. The third-order valence-corrected chi connectivity index (χ3v) is 5.73. The number of nitrogens with zero attached hydrogens (tertiary/aromatic N) is 2. The van der Waals surface area contributed by atoms with Crippen LogP contribution in [0, 0.1) is 5.41 Å². The molecule has 1 aliphatic heterocycles. The molecule has 1 fully saturated rings. The predicted molar refractivity (Wildman–Crippen MR) is 95.6 cm³/mol. The van der Waals surface area contributed by atoms with E-state index in [1.54, 1.807) is 4.90 Å². The van der Waals surface area contributed by atoms with Crippen molar-refractivity contribution in [2.24, 2.45) is 5.73 Å². The Kier molecular flexibility index (Phi) is 7.15. The van der Waals surface area contributed by atoms with Gasteiger partial charge in [-0.2, -0.15) is 4.31 Å². The van der Waals surface area contributed by atoms with Crippen LogP contribution in [0.4, 0.5) is 0 Å². The van der Waals surface area contributed by atoms with Gasteiger partial charge in [0.1, 0.15) is 0 Å². The summed E-state index contributed by atoms with van der Waals surface area (Å²) in [7, 11) is 0.592. The summed E-state index contributed by atoms with van der Waals surface area (Å²) in [5.41, 5.74) is 5.43.